The van der Waals surface area contributed by atoms with Crippen LogP contribution < -0.4 is 5.32 Å². The predicted molar refractivity (Wildman–Crippen MR) is 65.4 cm³/mol. The molecule has 0 radical (unpaired) electrons. The zero-order valence-electron chi connectivity index (χ0n) is 9.27. The first-order valence-corrected chi connectivity index (χ1v) is 8.04. The molecule has 1 aromatic heterocycles. The molecule has 1 aliphatic heterocycles. The van der Waals surface area contributed by atoms with Crippen LogP contribution in [0.5, 0.6) is 0 Å². The molecule has 4 nitrogen and oxygen atoms in total. The Morgan fingerprint density at radius 3 is 2.75 bits per heavy atom. The Labute approximate surface area is 100 Å². The van der Waals surface area contributed by atoms with Crippen molar-refractivity contribution in [2.24, 2.45) is 0 Å². The van der Waals surface area contributed by atoms with E-state index in [1.807, 2.05) is 13.1 Å². The van der Waals surface area contributed by atoms with Crippen LogP contribution in [0.1, 0.15) is 22.7 Å². The molecule has 0 aliphatic carbocycles. The van der Waals surface area contributed by atoms with Crippen LogP contribution in [-0.4, -0.2) is 30.9 Å². The van der Waals surface area contributed by atoms with Crippen LogP contribution in [0.3, 0.4) is 0 Å². The first kappa shape index (κ1) is 12.0. The van der Waals surface area contributed by atoms with Gasteiger partial charge in [0, 0.05) is 23.7 Å². The summed E-state index contributed by atoms with van der Waals surface area (Å²) in [6, 6.07) is 0.339. The summed E-state index contributed by atoms with van der Waals surface area (Å²) in [6.07, 6.45) is 3.35. The number of nitrogens with one attached hydrogen (secondary N) is 1. The van der Waals surface area contributed by atoms with Gasteiger partial charge in [0.05, 0.1) is 16.5 Å². The van der Waals surface area contributed by atoms with Crippen molar-refractivity contribution in [3.8, 4) is 0 Å². The minimum absolute atomic E-state index is 0.326. The van der Waals surface area contributed by atoms with Crippen LogP contribution >= 0.6 is 11.3 Å². The second-order valence-corrected chi connectivity index (χ2v) is 7.78. The Balaban J connectivity index is 1.80. The SMILES string of the molecule is Cc1ncc(CNC2CCS(=O)(=O)CC2)s1. The smallest absolute Gasteiger partial charge is 0.150 e. The van der Waals surface area contributed by atoms with E-state index >= 15 is 0 Å². The molecule has 1 aromatic rings. The van der Waals surface area contributed by atoms with Gasteiger partial charge in [-0.05, 0) is 19.8 Å². The average molecular weight is 260 g/mol. The van der Waals surface area contributed by atoms with Crippen LogP contribution in [-0.2, 0) is 16.4 Å². The number of sulfone groups is 1. The molecule has 1 fully saturated rings. The lowest BCUT2D eigenvalue weighted by Crippen LogP contribution is -2.36. The highest BCUT2D eigenvalue weighted by Gasteiger charge is 2.22. The monoisotopic (exact) mass is 260 g/mol. The van der Waals surface area contributed by atoms with E-state index < -0.39 is 9.84 Å². The van der Waals surface area contributed by atoms with Gasteiger partial charge in [-0.3, -0.25) is 0 Å². The zero-order chi connectivity index (χ0) is 11.6. The van der Waals surface area contributed by atoms with Crippen molar-refractivity contribution < 1.29 is 8.42 Å². The zero-order valence-corrected chi connectivity index (χ0v) is 10.9. The van der Waals surface area contributed by atoms with Crippen LogP contribution in [0.15, 0.2) is 6.20 Å². The lowest BCUT2D eigenvalue weighted by atomic mass is 10.1. The van der Waals surface area contributed by atoms with Gasteiger partial charge in [-0.25, -0.2) is 13.4 Å². The molecule has 2 rings (SSSR count). The van der Waals surface area contributed by atoms with Gasteiger partial charge >= 0.3 is 0 Å². The summed E-state index contributed by atoms with van der Waals surface area (Å²) < 4.78 is 22.5. The van der Waals surface area contributed by atoms with E-state index in [-0.39, 0.29) is 0 Å². The second kappa shape index (κ2) is 4.81. The first-order valence-electron chi connectivity index (χ1n) is 5.40. The van der Waals surface area contributed by atoms with Crippen LogP contribution in [0.4, 0.5) is 0 Å². The Bertz CT molecular complexity index is 439. The average Bonchev–Trinajstić information content (AvgIpc) is 2.63. The van der Waals surface area contributed by atoms with Crippen LogP contribution in [0, 0.1) is 6.92 Å². The van der Waals surface area contributed by atoms with E-state index in [0.717, 1.165) is 24.4 Å². The molecule has 1 saturated heterocycles. The number of nitrogens with zero attached hydrogens (tertiary/aromatic N) is 1. The van der Waals surface area contributed by atoms with Gasteiger partial charge in [0.1, 0.15) is 9.84 Å². The van der Waals surface area contributed by atoms with E-state index in [1.165, 1.54) is 4.88 Å². The minimum atomic E-state index is -2.74. The maximum Gasteiger partial charge on any atom is 0.150 e. The standard InChI is InChI=1S/C10H16N2O2S2/c1-8-11-6-10(15-8)7-12-9-2-4-16(13,14)5-3-9/h6,9,12H,2-5,7H2,1H3. The summed E-state index contributed by atoms with van der Waals surface area (Å²) in [7, 11) is -2.74. The van der Waals surface area contributed by atoms with Crippen molar-refractivity contribution in [1.82, 2.24) is 10.3 Å². The summed E-state index contributed by atoms with van der Waals surface area (Å²) in [4.78, 5) is 5.40. The molecule has 90 valence electrons. The van der Waals surface area contributed by atoms with Crippen molar-refractivity contribution in [3.05, 3.63) is 16.1 Å². The largest absolute Gasteiger partial charge is 0.309 e. The number of rotatable bonds is 3. The molecule has 0 saturated carbocycles. The highest BCUT2D eigenvalue weighted by molar-refractivity contribution is 7.91. The Hall–Kier alpha value is -0.460. The molecule has 0 atom stereocenters. The van der Waals surface area contributed by atoms with Gasteiger partial charge in [0.25, 0.3) is 0 Å². The van der Waals surface area contributed by atoms with Crippen molar-refractivity contribution >= 4 is 21.2 Å². The van der Waals surface area contributed by atoms with Crippen LogP contribution in [0.25, 0.3) is 0 Å². The summed E-state index contributed by atoms with van der Waals surface area (Å²) in [5, 5.41) is 4.47. The molecular formula is C10H16N2O2S2. The van der Waals surface area contributed by atoms with E-state index in [1.54, 1.807) is 11.3 Å². The molecule has 0 aromatic carbocycles. The summed E-state index contributed by atoms with van der Waals surface area (Å²) in [5.74, 6) is 0.652. The molecule has 0 unspecified atom stereocenters. The number of hydrogen-bond donors (Lipinski definition) is 1. The van der Waals surface area contributed by atoms with E-state index in [2.05, 4.69) is 10.3 Å². The summed E-state index contributed by atoms with van der Waals surface area (Å²) in [6.45, 7) is 2.79. The molecular weight excluding hydrogens is 244 g/mol. The third-order valence-electron chi connectivity index (χ3n) is 2.79. The fraction of sp³-hybridized carbons (Fsp3) is 0.700. The minimum Gasteiger partial charge on any atom is -0.309 e. The molecule has 2 heterocycles. The third-order valence-corrected chi connectivity index (χ3v) is 5.42. The normalized spacial score (nSPS) is 21.1. The highest BCUT2D eigenvalue weighted by Crippen LogP contribution is 2.15. The van der Waals surface area contributed by atoms with Gasteiger partial charge in [0.2, 0.25) is 0 Å². The molecule has 16 heavy (non-hydrogen) atoms. The van der Waals surface area contributed by atoms with Crippen molar-refractivity contribution in [2.75, 3.05) is 11.5 Å². The predicted octanol–water partition coefficient (Wildman–Crippen LogP) is 1.12. The van der Waals surface area contributed by atoms with Gasteiger partial charge in [-0.15, -0.1) is 11.3 Å². The number of hydrogen-bond acceptors (Lipinski definition) is 5. The van der Waals surface area contributed by atoms with Crippen molar-refractivity contribution in [1.29, 1.82) is 0 Å². The Morgan fingerprint density at radius 2 is 2.19 bits per heavy atom. The van der Waals surface area contributed by atoms with Crippen LogP contribution in [0.2, 0.25) is 0 Å². The van der Waals surface area contributed by atoms with E-state index in [4.69, 9.17) is 0 Å². The Morgan fingerprint density at radius 1 is 1.50 bits per heavy atom. The van der Waals surface area contributed by atoms with Gasteiger partial charge in [0.15, 0.2) is 0 Å². The summed E-state index contributed by atoms with van der Waals surface area (Å²) >= 11 is 1.68. The lowest BCUT2D eigenvalue weighted by molar-refractivity contribution is 0.464. The molecule has 1 N–H and O–H groups in total. The number of aromatic nitrogens is 1. The Kier molecular flexibility index (Phi) is 3.61. The fourth-order valence-corrected chi connectivity index (χ4v) is 4.06. The lowest BCUT2D eigenvalue weighted by Gasteiger charge is -2.22. The number of thiazole rings is 1. The quantitative estimate of drug-likeness (QED) is 0.884. The topological polar surface area (TPSA) is 59.1 Å². The first-order chi connectivity index (χ1) is 7.55. The molecule has 0 bridgehead atoms. The van der Waals surface area contributed by atoms with Gasteiger partial charge in [-0.1, -0.05) is 0 Å². The maximum absolute atomic E-state index is 11.2. The molecule has 6 heteroatoms. The van der Waals surface area contributed by atoms with Gasteiger partial charge < -0.3 is 5.32 Å². The van der Waals surface area contributed by atoms with Gasteiger partial charge in [-0.2, -0.15) is 0 Å². The summed E-state index contributed by atoms with van der Waals surface area (Å²) in [5.41, 5.74) is 0. The fourth-order valence-electron chi connectivity index (χ4n) is 1.83. The second-order valence-electron chi connectivity index (χ2n) is 4.15. The third kappa shape index (κ3) is 3.26. The molecule has 1 aliphatic rings. The molecule has 0 spiro atoms. The highest BCUT2D eigenvalue weighted by atomic mass is 32.2. The van der Waals surface area contributed by atoms with E-state index in [9.17, 15) is 8.42 Å². The maximum atomic E-state index is 11.2. The van der Waals surface area contributed by atoms with Crippen molar-refractivity contribution in [2.45, 2.75) is 32.4 Å². The van der Waals surface area contributed by atoms with E-state index in [0.29, 0.717) is 17.5 Å². The molecule has 0 amide bonds. The van der Waals surface area contributed by atoms with Crippen molar-refractivity contribution in [3.63, 3.8) is 0 Å². The number of aryl methyl sites for hydroxylation is 1.